The molecule has 2 unspecified atom stereocenters. The quantitative estimate of drug-likeness (QED) is 0.299. The maximum atomic E-state index is 13.5. The summed E-state index contributed by atoms with van der Waals surface area (Å²) < 4.78 is 10.8. The number of aromatic nitrogens is 3. The predicted molar refractivity (Wildman–Crippen MR) is 166 cm³/mol. The Kier molecular flexibility index (Phi) is 6.98. The normalized spacial score (nSPS) is 19.0. The molecule has 0 radical (unpaired) electrons. The molecule has 4 aromatic rings. The highest BCUT2D eigenvalue weighted by Gasteiger charge is 2.30. The number of hydrogen-bond acceptors (Lipinski definition) is 5. The van der Waals surface area contributed by atoms with Crippen LogP contribution in [0, 0.1) is 11.8 Å². The molecule has 2 fully saturated rings. The van der Waals surface area contributed by atoms with Crippen LogP contribution in [0.1, 0.15) is 42.1 Å². The van der Waals surface area contributed by atoms with Crippen LogP contribution in [0.15, 0.2) is 36.4 Å². The number of rotatable bonds is 9. The van der Waals surface area contributed by atoms with Gasteiger partial charge in [-0.15, -0.1) is 0 Å². The lowest BCUT2D eigenvalue weighted by atomic mass is 9.97. The van der Waals surface area contributed by atoms with Gasteiger partial charge in [-0.25, -0.2) is 9.78 Å². The van der Waals surface area contributed by atoms with Crippen molar-refractivity contribution in [2.24, 2.45) is 18.9 Å². The van der Waals surface area contributed by atoms with Crippen LogP contribution in [0.2, 0.25) is 0 Å². The van der Waals surface area contributed by atoms with Gasteiger partial charge in [-0.3, -0.25) is 9.59 Å². The first-order valence-electron chi connectivity index (χ1n) is 15.4. The first-order valence-corrected chi connectivity index (χ1v) is 15.4. The highest BCUT2D eigenvalue weighted by atomic mass is 16.5. The third kappa shape index (κ3) is 5.03. The fourth-order valence-corrected chi connectivity index (χ4v) is 6.58. The summed E-state index contributed by atoms with van der Waals surface area (Å²) in [5.74, 6) is 2.41. The SMILES string of the molecule is CC(CN1CCc2cc3c(cc2C1=O)nc(-c1cc2cccc(OCC4CNC(=O)C4)c2n1CC1CC1)n3C)N(C)C(=O)O. The van der Waals surface area contributed by atoms with Crippen LogP contribution >= 0.6 is 0 Å². The maximum absolute atomic E-state index is 13.5. The average Bonchev–Trinajstić information content (AvgIpc) is 3.49. The number of aryl methyl sites for hydroxylation is 1. The van der Waals surface area contributed by atoms with Crippen molar-refractivity contribution in [2.45, 2.75) is 45.2 Å². The van der Waals surface area contributed by atoms with Gasteiger partial charge in [0.1, 0.15) is 5.75 Å². The molecular weight excluding hydrogens is 560 g/mol. The van der Waals surface area contributed by atoms with Gasteiger partial charge in [0.05, 0.1) is 28.9 Å². The molecule has 1 saturated carbocycles. The number of imidazole rings is 1. The molecule has 44 heavy (non-hydrogen) atoms. The van der Waals surface area contributed by atoms with E-state index >= 15 is 0 Å². The molecule has 1 saturated heterocycles. The second-order valence-corrected chi connectivity index (χ2v) is 12.7. The van der Waals surface area contributed by atoms with Crippen LogP contribution in [0.3, 0.4) is 0 Å². The zero-order chi connectivity index (χ0) is 30.7. The van der Waals surface area contributed by atoms with E-state index in [1.54, 1.807) is 4.90 Å². The molecule has 2 aliphatic heterocycles. The average molecular weight is 599 g/mol. The number of carbonyl (C=O) groups is 3. The van der Waals surface area contributed by atoms with E-state index in [1.807, 2.05) is 32.2 Å². The van der Waals surface area contributed by atoms with Gasteiger partial charge >= 0.3 is 6.09 Å². The number of amides is 3. The first-order chi connectivity index (χ1) is 21.2. The zero-order valence-electron chi connectivity index (χ0n) is 25.4. The van der Waals surface area contributed by atoms with E-state index < -0.39 is 6.09 Å². The van der Waals surface area contributed by atoms with E-state index in [0.29, 0.717) is 50.6 Å². The molecule has 11 heteroatoms. The third-order valence-electron chi connectivity index (χ3n) is 9.51. The highest BCUT2D eigenvalue weighted by molar-refractivity contribution is 6.01. The molecule has 3 aliphatic rings. The summed E-state index contributed by atoms with van der Waals surface area (Å²) >= 11 is 0. The van der Waals surface area contributed by atoms with Crippen molar-refractivity contribution in [3.05, 3.63) is 47.5 Å². The van der Waals surface area contributed by atoms with Crippen LogP contribution in [-0.4, -0.2) is 86.3 Å². The first kappa shape index (κ1) is 28.2. The number of benzene rings is 2. The molecule has 2 N–H and O–H groups in total. The lowest BCUT2D eigenvalue weighted by molar-refractivity contribution is -0.119. The molecule has 11 nitrogen and oxygen atoms in total. The Bertz CT molecular complexity index is 1800. The monoisotopic (exact) mass is 598 g/mol. The molecule has 2 aromatic heterocycles. The van der Waals surface area contributed by atoms with E-state index in [2.05, 4.69) is 32.7 Å². The minimum atomic E-state index is -1.01. The number of nitrogens with one attached hydrogen (secondary N) is 1. The third-order valence-corrected chi connectivity index (χ3v) is 9.51. The number of carbonyl (C=O) groups excluding carboxylic acids is 2. The number of ether oxygens (including phenoxy) is 1. The summed E-state index contributed by atoms with van der Waals surface area (Å²) in [7, 11) is 3.55. The summed E-state index contributed by atoms with van der Waals surface area (Å²) in [6.07, 6.45) is 2.59. The molecule has 230 valence electrons. The second-order valence-electron chi connectivity index (χ2n) is 12.7. The molecular formula is C33H38N6O5. The van der Waals surface area contributed by atoms with Gasteiger partial charge < -0.3 is 34.1 Å². The number of fused-ring (bicyclic) bond motifs is 3. The number of nitrogens with zero attached hydrogens (tertiary/aromatic N) is 5. The Morgan fingerprint density at radius 3 is 2.75 bits per heavy atom. The van der Waals surface area contributed by atoms with E-state index in [9.17, 15) is 19.5 Å². The summed E-state index contributed by atoms with van der Waals surface area (Å²) in [6, 6.07) is 12.0. The van der Waals surface area contributed by atoms with E-state index in [1.165, 1.54) is 24.8 Å². The van der Waals surface area contributed by atoms with Crippen molar-refractivity contribution >= 4 is 39.8 Å². The summed E-state index contributed by atoms with van der Waals surface area (Å²) in [6.45, 7) is 4.70. The number of carboxylic acid groups (broad SMARTS) is 1. The minimum absolute atomic E-state index is 0.0782. The molecule has 7 rings (SSSR count). The van der Waals surface area contributed by atoms with Crippen LogP contribution < -0.4 is 10.1 Å². The van der Waals surface area contributed by atoms with Crippen LogP contribution in [0.25, 0.3) is 33.5 Å². The number of hydrogen-bond donors (Lipinski definition) is 2. The Morgan fingerprint density at radius 2 is 2.02 bits per heavy atom. The minimum Gasteiger partial charge on any atom is -0.491 e. The summed E-state index contributed by atoms with van der Waals surface area (Å²) in [5.41, 5.74) is 5.40. The van der Waals surface area contributed by atoms with E-state index in [-0.39, 0.29) is 23.8 Å². The molecule has 4 heterocycles. The molecule has 0 bridgehead atoms. The fraction of sp³-hybridized carbons (Fsp3) is 0.455. The van der Waals surface area contributed by atoms with Gasteiger partial charge in [-0.2, -0.15) is 0 Å². The maximum Gasteiger partial charge on any atom is 0.407 e. The number of likely N-dealkylation sites (N-methyl/N-ethyl adjacent to an activating group) is 1. The molecule has 3 amide bonds. The van der Waals surface area contributed by atoms with Crippen molar-refractivity contribution < 1.29 is 24.2 Å². The lowest BCUT2D eigenvalue weighted by Crippen LogP contribution is -2.47. The van der Waals surface area contributed by atoms with Crippen molar-refractivity contribution in [2.75, 3.05) is 33.3 Å². The van der Waals surface area contributed by atoms with Gasteiger partial charge in [-0.05, 0) is 61.9 Å². The van der Waals surface area contributed by atoms with Crippen LogP contribution in [0.4, 0.5) is 4.79 Å². The van der Waals surface area contributed by atoms with Gasteiger partial charge in [0.15, 0.2) is 5.82 Å². The molecule has 1 aliphatic carbocycles. The lowest BCUT2D eigenvalue weighted by Gasteiger charge is -2.33. The standard InChI is InChI=1S/C33H38N6O5/c1-19(36(2)33(42)43)16-38-10-9-22-12-26-25(14-24(22)32(38)41)35-31(37(26)3)27-13-23-5-4-6-28(30(23)39(27)17-20-7-8-20)44-18-21-11-29(40)34-15-21/h4-6,12-14,19-21H,7-11,15-18H2,1-3H3,(H,34,40)(H,42,43). The molecule has 2 aromatic carbocycles. The van der Waals surface area contributed by atoms with Gasteiger partial charge in [0.2, 0.25) is 5.91 Å². The van der Waals surface area contributed by atoms with Gasteiger partial charge in [0, 0.05) is 69.6 Å². The topological polar surface area (TPSA) is 122 Å². The van der Waals surface area contributed by atoms with E-state index in [4.69, 9.17) is 9.72 Å². The smallest absolute Gasteiger partial charge is 0.407 e. The zero-order valence-corrected chi connectivity index (χ0v) is 25.4. The fourth-order valence-electron chi connectivity index (χ4n) is 6.58. The summed E-state index contributed by atoms with van der Waals surface area (Å²) in [4.78, 5) is 44.7. The van der Waals surface area contributed by atoms with Crippen molar-refractivity contribution in [1.82, 2.24) is 29.2 Å². The largest absolute Gasteiger partial charge is 0.491 e. The van der Waals surface area contributed by atoms with Gasteiger partial charge in [-0.1, -0.05) is 12.1 Å². The Morgan fingerprint density at radius 1 is 1.20 bits per heavy atom. The molecule has 2 atom stereocenters. The summed E-state index contributed by atoms with van der Waals surface area (Å²) in [5, 5.41) is 13.3. The Labute approximate surface area is 255 Å². The predicted octanol–water partition coefficient (Wildman–Crippen LogP) is 4.12. The second kappa shape index (κ2) is 10.9. The Hall–Kier alpha value is -4.54. The van der Waals surface area contributed by atoms with Crippen LogP contribution in [-0.2, 0) is 24.8 Å². The van der Waals surface area contributed by atoms with Crippen molar-refractivity contribution in [1.29, 1.82) is 0 Å². The van der Waals surface area contributed by atoms with Crippen LogP contribution in [0.5, 0.6) is 5.75 Å². The highest BCUT2D eigenvalue weighted by Crippen LogP contribution is 2.39. The van der Waals surface area contributed by atoms with Crippen molar-refractivity contribution in [3.8, 4) is 17.3 Å². The Balaban J connectivity index is 1.24. The van der Waals surface area contributed by atoms with Crippen molar-refractivity contribution in [3.63, 3.8) is 0 Å². The van der Waals surface area contributed by atoms with Gasteiger partial charge in [0.25, 0.3) is 5.91 Å². The number of para-hydroxylation sites is 1. The van der Waals surface area contributed by atoms with E-state index in [0.717, 1.165) is 51.3 Å². The molecule has 0 spiro atoms.